The number of alkyl halides is 3. The molecule has 0 aromatic carbocycles. The van der Waals surface area contributed by atoms with Crippen molar-refractivity contribution in [2.75, 3.05) is 12.3 Å². The van der Waals surface area contributed by atoms with Crippen LogP contribution in [0.25, 0.3) is 0 Å². The monoisotopic (exact) mass is 241 g/mol. The van der Waals surface area contributed by atoms with E-state index in [0.29, 0.717) is 10.7 Å². The fraction of sp³-hybridized carbons (Fsp3) is 0.714. The molecule has 15 heavy (non-hydrogen) atoms. The van der Waals surface area contributed by atoms with Crippen molar-refractivity contribution in [1.82, 2.24) is 9.59 Å². The standard InChI is InChI=1S/C7H10F3N3OS/c8-7(9,10)2-1-3-14-4-5-6(11)15-13-12-5/h1-4,11H2. The van der Waals surface area contributed by atoms with E-state index in [1.165, 1.54) is 0 Å². The predicted octanol–water partition coefficient (Wildman–Crippen LogP) is 1.98. The molecule has 0 spiro atoms. The molecule has 0 saturated carbocycles. The smallest absolute Gasteiger partial charge is 0.388 e. The molecule has 0 bridgehead atoms. The van der Waals surface area contributed by atoms with Crippen LogP contribution in [0.15, 0.2) is 0 Å². The van der Waals surface area contributed by atoms with Crippen molar-refractivity contribution in [1.29, 1.82) is 0 Å². The highest BCUT2D eigenvalue weighted by atomic mass is 32.1. The van der Waals surface area contributed by atoms with Crippen LogP contribution in [0, 0.1) is 0 Å². The summed E-state index contributed by atoms with van der Waals surface area (Å²) < 4.78 is 43.7. The van der Waals surface area contributed by atoms with Crippen molar-refractivity contribution < 1.29 is 17.9 Å². The molecule has 0 unspecified atom stereocenters. The summed E-state index contributed by atoms with van der Waals surface area (Å²) >= 11 is 1.03. The fourth-order valence-corrected chi connectivity index (χ4v) is 1.29. The van der Waals surface area contributed by atoms with E-state index in [1.54, 1.807) is 0 Å². The molecule has 1 aromatic rings. The first kappa shape index (κ1) is 12.2. The highest BCUT2D eigenvalue weighted by Crippen LogP contribution is 2.21. The van der Waals surface area contributed by atoms with Crippen molar-refractivity contribution in [2.24, 2.45) is 0 Å². The van der Waals surface area contributed by atoms with Crippen molar-refractivity contribution >= 4 is 16.5 Å². The van der Waals surface area contributed by atoms with E-state index in [-0.39, 0.29) is 19.6 Å². The van der Waals surface area contributed by atoms with E-state index in [9.17, 15) is 13.2 Å². The van der Waals surface area contributed by atoms with Gasteiger partial charge in [-0.1, -0.05) is 4.49 Å². The first-order valence-electron chi connectivity index (χ1n) is 4.20. The van der Waals surface area contributed by atoms with Gasteiger partial charge in [-0.15, -0.1) is 5.10 Å². The summed E-state index contributed by atoms with van der Waals surface area (Å²) in [5, 5.41) is 4.09. The van der Waals surface area contributed by atoms with Crippen molar-refractivity contribution in [3.63, 3.8) is 0 Å². The van der Waals surface area contributed by atoms with Crippen LogP contribution in [0.3, 0.4) is 0 Å². The Kier molecular flexibility index (Phi) is 4.28. The normalized spacial score (nSPS) is 11.9. The second kappa shape index (κ2) is 5.26. The van der Waals surface area contributed by atoms with E-state index in [1.807, 2.05) is 0 Å². The molecule has 0 atom stereocenters. The van der Waals surface area contributed by atoms with Crippen molar-refractivity contribution in [2.45, 2.75) is 25.6 Å². The molecule has 0 saturated heterocycles. The van der Waals surface area contributed by atoms with Crippen LogP contribution in [-0.2, 0) is 11.3 Å². The Bertz CT molecular complexity index is 302. The van der Waals surface area contributed by atoms with Crippen molar-refractivity contribution in [3.8, 4) is 0 Å². The second-order valence-corrected chi connectivity index (χ2v) is 3.64. The third-order valence-electron chi connectivity index (χ3n) is 1.57. The molecule has 1 aromatic heterocycles. The first-order chi connectivity index (χ1) is 6.99. The zero-order valence-corrected chi connectivity index (χ0v) is 8.57. The molecule has 0 aliphatic rings. The zero-order valence-electron chi connectivity index (χ0n) is 7.75. The quantitative estimate of drug-likeness (QED) is 0.801. The number of rotatable bonds is 5. The van der Waals surface area contributed by atoms with E-state index < -0.39 is 12.6 Å². The summed E-state index contributed by atoms with van der Waals surface area (Å²) in [4.78, 5) is 0. The van der Waals surface area contributed by atoms with Crippen LogP contribution in [0.2, 0.25) is 0 Å². The maximum absolute atomic E-state index is 11.7. The van der Waals surface area contributed by atoms with Gasteiger partial charge in [0.15, 0.2) is 0 Å². The molecular weight excluding hydrogens is 231 g/mol. The molecule has 0 aliphatic heterocycles. The maximum atomic E-state index is 11.7. The second-order valence-electron chi connectivity index (χ2n) is 2.86. The SMILES string of the molecule is Nc1snnc1COCCCC(F)(F)F. The number of nitrogens with two attached hydrogens (primary N) is 1. The molecule has 1 heterocycles. The Labute approximate surface area is 88.4 Å². The molecule has 1 rings (SSSR count). The molecule has 0 fully saturated rings. The lowest BCUT2D eigenvalue weighted by Crippen LogP contribution is -2.09. The molecular formula is C7H10F3N3OS. The Hall–Kier alpha value is -0.890. The van der Waals surface area contributed by atoms with E-state index in [4.69, 9.17) is 10.5 Å². The highest BCUT2D eigenvalue weighted by molar-refractivity contribution is 7.09. The Morgan fingerprint density at radius 2 is 2.13 bits per heavy atom. The third kappa shape index (κ3) is 4.93. The fourth-order valence-electron chi connectivity index (χ4n) is 0.859. The molecule has 2 N–H and O–H groups in total. The van der Waals surface area contributed by atoms with Gasteiger partial charge in [-0.3, -0.25) is 0 Å². The summed E-state index contributed by atoms with van der Waals surface area (Å²) in [6, 6.07) is 0. The number of nitrogens with zero attached hydrogens (tertiary/aromatic N) is 2. The van der Waals surface area contributed by atoms with Crippen LogP contribution >= 0.6 is 11.5 Å². The Morgan fingerprint density at radius 1 is 1.40 bits per heavy atom. The van der Waals surface area contributed by atoms with Gasteiger partial charge in [0, 0.05) is 24.6 Å². The number of hydrogen-bond donors (Lipinski definition) is 1. The van der Waals surface area contributed by atoms with Crippen LogP contribution in [0.5, 0.6) is 0 Å². The van der Waals surface area contributed by atoms with Crippen LogP contribution in [0.1, 0.15) is 18.5 Å². The molecule has 0 amide bonds. The summed E-state index contributed by atoms with van der Waals surface area (Å²) in [7, 11) is 0. The van der Waals surface area contributed by atoms with E-state index in [0.717, 1.165) is 11.5 Å². The minimum atomic E-state index is -4.12. The maximum Gasteiger partial charge on any atom is 0.389 e. The van der Waals surface area contributed by atoms with Crippen LogP contribution in [0.4, 0.5) is 18.2 Å². The van der Waals surface area contributed by atoms with Gasteiger partial charge in [0.1, 0.15) is 10.7 Å². The minimum absolute atomic E-state index is 0.0382. The van der Waals surface area contributed by atoms with Crippen LogP contribution < -0.4 is 5.73 Å². The molecule has 8 heteroatoms. The number of anilines is 1. The average Bonchev–Trinajstić information content (AvgIpc) is 2.49. The zero-order chi connectivity index (χ0) is 11.3. The van der Waals surface area contributed by atoms with Gasteiger partial charge in [0.25, 0.3) is 0 Å². The number of halogens is 3. The highest BCUT2D eigenvalue weighted by Gasteiger charge is 2.25. The molecule has 4 nitrogen and oxygen atoms in total. The van der Waals surface area contributed by atoms with Gasteiger partial charge in [0.2, 0.25) is 0 Å². The summed E-state index contributed by atoms with van der Waals surface area (Å²) in [6.07, 6.45) is -5.01. The summed E-state index contributed by atoms with van der Waals surface area (Å²) in [5.41, 5.74) is 5.94. The van der Waals surface area contributed by atoms with E-state index in [2.05, 4.69) is 9.59 Å². The van der Waals surface area contributed by atoms with Gasteiger partial charge in [0.05, 0.1) is 6.61 Å². The van der Waals surface area contributed by atoms with Gasteiger partial charge in [-0.05, 0) is 6.42 Å². The number of aromatic nitrogens is 2. The van der Waals surface area contributed by atoms with Crippen molar-refractivity contribution in [3.05, 3.63) is 5.69 Å². The number of hydrogen-bond acceptors (Lipinski definition) is 5. The molecule has 0 aliphatic carbocycles. The van der Waals surface area contributed by atoms with E-state index >= 15 is 0 Å². The lowest BCUT2D eigenvalue weighted by atomic mass is 10.3. The summed E-state index contributed by atoms with van der Waals surface area (Å²) in [5.74, 6) is 0. The average molecular weight is 241 g/mol. The van der Waals surface area contributed by atoms with Gasteiger partial charge >= 0.3 is 6.18 Å². The molecule has 0 radical (unpaired) electrons. The molecule has 86 valence electrons. The van der Waals surface area contributed by atoms with Gasteiger partial charge in [-0.2, -0.15) is 13.2 Å². The lowest BCUT2D eigenvalue weighted by molar-refractivity contribution is -0.138. The largest absolute Gasteiger partial charge is 0.389 e. The topological polar surface area (TPSA) is 61.0 Å². The van der Waals surface area contributed by atoms with Gasteiger partial charge < -0.3 is 10.5 Å². The number of ether oxygens (including phenoxy) is 1. The summed E-state index contributed by atoms with van der Waals surface area (Å²) in [6.45, 7) is 0.149. The van der Waals surface area contributed by atoms with Gasteiger partial charge in [-0.25, -0.2) is 0 Å². The lowest BCUT2D eigenvalue weighted by Gasteiger charge is -2.05. The predicted molar refractivity (Wildman–Crippen MR) is 49.3 cm³/mol. The Balaban J connectivity index is 2.10. The Morgan fingerprint density at radius 3 is 2.67 bits per heavy atom. The number of nitrogen functional groups attached to an aromatic ring is 1. The minimum Gasteiger partial charge on any atom is -0.388 e. The third-order valence-corrected chi connectivity index (χ3v) is 2.17. The van der Waals surface area contributed by atoms with Crippen LogP contribution in [-0.4, -0.2) is 22.4 Å². The first-order valence-corrected chi connectivity index (χ1v) is 4.97.